The Morgan fingerprint density at radius 3 is 3.07 bits per heavy atom. The minimum Gasteiger partial charge on any atom is -0.484 e. The molecule has 1 aromatic heterocycles. The summed E-state index contributed by atoms with van der Waals surface area (Å²) >= 11 is 1.53. The van der Waals surface area contributed by atoms with E-state index in [4.69, 9.17) is 9.47 Å². The highest BCUT2D eigenvalue weighted by Gasteiger charge is 2.29. The molecule has 0 radical (unpaired) electrons. The molecule has 6 nitrogen and oxygen atoms in total. The van der Waals surface area contributed by atoms with E-state index in [0.29, 0.717) is 23.6 Å². The molecule has 1 amide bonds. The van der Waals surface area contributed by atoms with Gasteiger partial charge in [0.2, 0.25) is 5.78 Å². The number of hydrogen-bond donors (Lipinski definition) is 1. The summed E-state index contributed by atoms with van der Waals surface area (Å²) in [5.74, 6) is 0.865. The predicted molar refractivity (Wildman–Crippen MR) is 101 cm³/mol. The van der Waals surface area contributed by atoms with Crippen molar-refractivity contribution in [2.24, 2.45) is 0 Å². The molecule has 3 heterocycles. The fourth-order valence-corrected chi connectivity index (χ4v) is 3.99. The largest absolute Gasteiger partial charge is 0.484 e. The van der Waals surface area contributed by atoms with Gasteiger partial charge in [0.25, 0.3) is 5.91 Å². The molecule has 1 N–H and O–H groups in total. The Kier molecular flexibility index (Phi) is 4.96. The minimum absolute atomic E-state index is 0.0279. The molecule has 0 aliphatic carbocycles. The highest BCUT2D eigenvalue weighted by atomic mass is 32.1. The fraction of sp³-hybridized carbons (Fsp3) is 0.300. The molecule has 0 spiro atoms. The normalized spacial score (nSPS) is 20.0. The van der Waals surface area contributed by atoms with Crippen molar-refractivity contribution in [2.75, 3.05) is 19.8 Å². The molecule has 7 heteroatoms. The average Bonchev–Trinajstić information content (AvgIpc) is 3.41. The zero-order valence-electron chi connectivity index (χ0n) is 14.6. The standard InChI is InChI=1S/C20H19NO5S/c22-11-13-3-1-7-21(13)19(23)12-25-14-5-6-16-17(9-14)26-18(20(16)24)10-15-4-2-8-27-15/h2,4-6,8-10,13,22H,1,3,7,11-12H2/t13-/m0/s1. The number of carbonyl (C=O) groups is 2. The van der Waals surface area contributed by atoms with Crippen LogP contribution in [0, 0.1) is 0 Å². The first-order valence-corrected chi connectivity index (χ1v) is 9.68. The van der Waals surface area contributed by atoms with E-state index >= 15 is 0 Å². The van der Waals surface area contributed by atoms with Gasteiger partial charge in [0.05, 0.1) is 18.2 Å². The minimum atomic E-state index is -0.163. The molecule has 4 rings (SSSR count). The molecule has 27 heavy (non-hydrogen) atoms. The maximum absolute atomic E-state index is 12.4. The highest BCUT2D eigenvalue weighted by Crippen LogP contribution is 2.35. The van der Waals surface area contributed by atoms with Crippen molar-refractivity contribution in [1.82, 2.24) is 4.90 Å². The number of nitrogens with zero attached hydrogens (tertiary/aromatic N) is 1. The summed E-state index contributed by atoms with van der Waals surface area (Å²) in [4.78, 5) is 27.3. The van der Waals surface area contributed by atoms with E-state index < -0.39 is 0 Å². The van der Waals surface area contributed by atoms with E-state index in [1.165, 1.54) is 11.3 Å². The summed E-state index contributed by atoms with van der Waals surface area (Å²) in [6.45, 7) is 0.507. The number of benzene rings is 1. The summed E-state index contributed by atoms with van der Waals surface area (Å²) < 4.78 is 11.3. The first kappa shape index (κ1) is 17.8. The molecule has 0 unspecified atom stereocenters. The number of aliphatic hydroxyl groups excluding tert-OH is 1. The van der Waals surface area contributed by atoms with Crippen LogP contribution >= 0.6 is 11.3 Å². The Balaban J connectivity index is 1.43. The number of hydrogen-bond acceptors (Lipinski definition) is 6. The Hall–Kier alpha value is -2.64. The van der Waals surface area contributed by atoms with Crippen molar-refractivity contribution in [3.8, 4) is 11.5 Å². The van der Waals surface area contributed by atoms with Crippen molar-refractivity contribution in [2.45, 2.75) is 18.9 Å². The van der Waals surface area contributed by atoms with Crippen LogP contribution in [0.3, 0.4) is 0 Å². The van der Waals surface area contributed by atoms with Crippen LogP contribution in [-0.2, 0) is 4.79 Å². The maximum Gasteiger partial charge on any atom is 0.260 e. The first-order chi connectivity index (χ1) is 13.2. The van der Waals surface area contributed by atoms with Crippen LogP contribution in [0.15, 0.2) is 41.5 Å². The van der Waals surface area contributed by atoms with Crippen LogP contribution in [0.25, 0.3) is 6.08 Å². The topological polar surface area (TPSA) is 76.1 Å². The van der Waals surface area contributed by atoms with Gasteiger partial charge in [-0.3, -0.25) is 9.59 Å². The predicted octanol–water partition coefficient (Wildman–Crippen LogP) is 2.73. The number of allylic oxidation sites excluding steroid dienone is 1. The summed E-state index contributed by atoms with van der Waals surface area (Å²) in [6.07, 6.45) is 3.43. The van der Waals surface area contributed by atoms with E-state index in [2.05, 4.69) is 0 Å². The smallest absolute Gasteiger partial charge is 0.260 e. The van der Waals surface area contributed by atoms with Crippen molar-refractivity contribution < 1.29 is 24.2 Å². The maximum atomic E-state index is 12.4. The molecule has 2 aliphatic rings. The third-order valence-corrected chi connectivity index (χ3v) is 5.55. The molecular formula is C20H19NO5S. The second-order valence-electron chi connectivity index (χ2n) is 6.47. The highest BCUT2D eigenvalue weighted by molar-refractivity contribution is 7.10. The van der Waals surface area contributed by atoms with E-state index in [0.717, 1.165) is 17.7 Å². The van der Waals surface area contributed by atoms with Crippen molar-refractivity contribution in [3.63, 3.8) is 0 Å². The number of thiophene rings is 1. The van der Waals surface area contributed by atoms with Gasteiger partial charge in [0.1, 0.15) is 11.5 Å². The Bertz CT molecular complexity index is 890. The first-order valence-electron chi connectivity index (χ1n) is 8.80. The number of rotatable bonds is 5. The molecule has 140 valence electrons. The number of carbonyl (C=O) groups excluding carboxylic acids is 2. The lowest BCUT2D eigenvalue weighted by molar-refractivity contribution is -0.134. The molecule has 1 fully saturated rings. The lowest BCUT2D eigenvalue weighted by atomic mass is 10.1. The number of ether oxygens (including phenoxy) is 2. The third-order valence-electron chi connectivity index (χ3n) is 4.73. The Morgan fingerprint density at radius 1 is 1.41 bits per heavy atom. The summed E-state index contributed by atoms with van der Waals surface area (Å²) in [6, 6.07) is 8.65. The van der Waals surface area contributed by atoms with Gasteiger partial charge in [-0.25, -0.2) is 0 Å². The van der Waals surface area contributed by atoms with Gasteiger partial charge in [0.15, 0.2) is 12.4 Å². The van der Waals surface area contributed by atoms with Crippen LogP contribution in [-0.4, -0.2) is 47.5 Å². The fourth-order valence-electron chi connectivity index (χ4n) is 3.34. The van der Waals surface area contributed by atoms with Gasteiger partial charge < -0.3 is 19.5 Å². The number of likely N-dealkylation sites (tertiary alicyclic amines) is 1. The third kappa shape index (κ3) is 3.61. The molecular weight excluding hydrogens is 366 g/mol. The van der Waals surface area contributed by atoms with Gasteiger partial charge in [-0.2, -0.15) is 0 Å². The SMILES string of the molecule is O=C1C(=Cc2cccs2)Oc2cc(OCC(=O)N3CCC[C@H]3CO)ccc21. The van der Waals surface area contributed by atoms with Crippen molar-refractivity contribution in [3.05, 3.63) is 51.9 Å². The van der Waals surface area contributed by atoms with Crippen LogP contribution < -0.4 is 9.47 Å². The van der Waals surface area contributed by atoms with Crippen LogP contribution in [0.2, 0.25) is 0 Å². The molecule has 1 atom stereocenters. The quantitative estimate of drug-likeness (QED) is 0.801. The van der Waals surface area contributed by atoms with Crippen LogP contribution in [0.4, 0.5) is 0 Å². The number of Topliss-reactive ketones (excluding diaryl/α,β-unsaturated/α-hetero) is 1. The monoisotopic (exact) mass is 385 g/mol. The number of aliphatic hydroxyl groups is 1. The van der Waals surface area contributed by atoms with Gasteiger partial charge in [-0.15, -0.1) is 11.3 Å². The summed E-state index contributed by atoms with van der Waals surface area (Å²) in [5, 5.41) is 11.3. The van der Waals surface area contributed by atoms with Crippen molar-refractivity contribution >= 4 is 29.1 Å². The number of ketones is 1. The zero-order valence-corrected chi connectivity index (χ0v) is 15.4. The molecule has 1 saturated heterocycles. The van der Waals surface area contributed by atoms with E-state index in [-0.39, 0.29) is 36.7 Å². The molecule has 0 saturated carbocycles. The van der Waals surface area contributed by atoms with E-state index in [9.17, 15) is 14.7 Å². The van der Waals surface area contributed by atoms with Crippen LogP contribution in [0.1, 0.15) is 28.1 Å². The Labute approximate surface area is 160 Å². The summed E-state index contributed by atoms with van der Waals surface area (Å²) in [7, 11) is 0. The second-order valence-corrected chi connectivity index (χ2v) is 7.45. The van der Waals surface area contributed by atoms with E-state index in [1.807, 2.05) is 17.5 Å². The van der Waals surface area contributed by atoms with Gasteiger partial charge in [0, 0.05) is 23.6 Å². The number of amides is 1. The van der Waals surface area contributed by atoms with Gasteiger partial charge >= 0.3 is 0 Å². The van der Waals surface area contributed by atoms with Crippen molar-refractivity contribution in [1.29, 1.82) is 0 Å². The molecule has 0 bridgehead atoms. The zero-order chi connectivity index (χ0) is 18.8. The second kappa shape index (κ2) is 7.54. The lowest BCUT2D eigenvalue weighted by Gasteiger charge is -2.22. The summed E-state index contributed by atoms with van der Waals surface area (Å²) in [5.41, 5.74) is 0.483. The number of fused-ring (bicyclic) bond motifs is 1. The lowest BCUT2D eigenvalue weighted by Crippen LogP contribution is -2.40. The van der Waals surface area contributed by atoms with E-state index in [1.54, 1.807) is 29.2 Å². The van der Waals surface area contributed by atoms with Gasteiger partial charge in [-0.1, -0.05) is 6.07 Å². The molecule has 1 aromatic carbocycles. The van der Waals surface area contributed by atoms with Gasteiger partial charge in [-0.05, 0) is 36.4 Å². The Morgan fingerprint density at radius 2 is 2.30 bits per heavy atom. The van der Waals surface area contributed by atoms with Crippen LogP contribution in [0.5, 0.6) is 11.5 Å². The average molecular weight is 385 g/mol. The molecule has 2 aromatic rings. The molecule has 2 aliphatic heterocycles.